The van der Waals surface area contributed by atoms with Crippen LogP contribution >= 0.6 is 11.3 Å². The molecule has 102 valence electrons. The van der Waals surface area contributed by atoms with Gasteiger partial charge in [0.05, 0.1) is 5.60 Å². The summed E-state index contributed by atoms with van der Waals surface area (Å²) in [7, 11) is 0. The minimum atomic E-state index is -0.595. The second kappa shape index (κ2) is 5.72. The Morgan fingerprint density at radius 3 is 3.06 bits per heavy atom. The van der Waals surface area contributed by atoms with Gasteiger partial charge in [0.2, 0.25) is 0 Å². The quantitative estimate of drug-likeness (QED) is 0.855. The first-order valence-electron chi connectivity index (χ1n) is 7.00. The van der Waals surface area contributed by atoms with Crippen molar-refractivity contribution < 1.29 is 5.11 Å². The summed E-state index contributed by atoms with van der Waals surface area (Å²) >= 11 is 1.87. The summed E-state index contributed by atoms with van der Waals surface area (Å²) in [6.07, 6.45) is 4.54. The van der Waals surface area contributed by atoms with Gasteiger partial charge >= 0.3 is 0 Å². The highest BCUT2D eigenvalue weighted by Gasteiger charge is 2.26. The Labute approximate surface area is 114 Å². The van der Waals surface area contributed by atoms with Gasteiger partial charge in [-0.1, -0.05) is 13.8 Å². The van der Waals surface area contributed by atoms with Crippen molar-refractivity contribution in [3.63, 3.8) is 0 Å². The van der Waals surface area contributed by atoms with Crippen molar-refractivity contribution in [1.82, 2.24) is 5.32 Å². The number of hydrogen-bond acceptors (Lipinski definition) is 3. The molecule has 0 aliphatic heterocycles. The minimum absolute atomic E-state index is 0.443. The zero-order valence-corrected chi connectivity index (χ0v) is 12.5. The van der Waals surface area contributed by atoms with Crippen molar-refractivity contribution in [1.29, 1.82) is 0 Å². The highest BCUT2D eigenvalue weighted by Crippen LogP contribution is 2.33. The number of aryl methyl sites for hydroxylation is 1. The van der Waals surface area contributed by atoms with E-state index < -0.39 is 5.60 Å². The molecule has 0 saturated carbocycles. The summed E-state index contributed by atoms with van der Waals surface area (Å²) in [5, 5.41) is 16.1. The Morgan fingerprint density at radius 2 is 2.33 bits per heavy atom. The normalized spacial score (nSPS) is 22.8. The summed E-state index contributed by atoms with van der Waals surface area (Å²) in [6, 6.07) is 2.69. The van der Waals surface area contributed by atoms with E-state index >= 15 is 0 Å². The monoisotopic (exact) mass is 267 g/mol. The van der Waals surface area contributed by atoms with E-state index in [4.69, 9.17) is 0 Å². The maximum atomic E-state index is 10.4. The molecular weight excluding hydrogens is 242 g/mol. The molecule has 0 saturated heterocycles. The van der Waals surface area contributed by atoms with Crippen LogP contribution in [0.25, 0.3) is 0 Å². The lowest BCUT2D eigenvalue weighted by atomic mass is 9.91. The van der Waals surface area contributed by atoms with Crippen molar-refractivity contribution >= 4 is 11.3 Å². The van der Waals surface area contributed by atoms with Crippen molar-refractivity contribution in [2.45, 2.75) is 58.1 Å². The van der Waals surface area contributed by atoms with Gasteiger partial charge in [0.25, 0.3) is 0 Å². The Morgan fingerprint density at radius 1 is 1.56 bits per heavy atom. The third kappa shape index (κ3) is 3.56. The molecule has 2 rings (SSSR count). The average molecular weight is 267 g/mol. The average Bonchev–Trinajstić information content (AvgIpc) is 2.72. The van der Waals surface area contributed by atoms with Crippen LogP contribution in [0.4, 0.5) is 0 Å². The van der Waals surface area contributed by atoms with Crippen LogP contribution in [0.15, 0.2) is 11.4 Å². The van der Waals surface area contributed by atoms with E-state index in [0.717, 1.165) is 6.42 Å². The molecule has 1 aromatic rings. The molecular formula is C15H25NOS. The molecule has 2 N–H and O–H groups in total. The summed E-state index contributed by atoms with van der Waals surface area (Å²) < 4.78 is 0. The lowest BCUT2D eigenvalue weighted by molar-refractivity contribution is 0.0353. The van der Waals surface area contributed by atoms with Crippen LogP contribution in [0.1, 0.15) is 56.5 Å². The molecule has 0 spiro atoms. The Hall–Kier alpha value is -0.380. The number of fused-ring (bicyclic) bond motifs is 1. The summed E-state index contributed by atoms with van der Waals surface area (Å²) in [6.45, 7) is 6.95. The number of rotatable bonds is 5. The van der Waals surface area contributed by atoms with Gasteiger partial charge < -0.3 is 10.4 Å². The largest absolute Gasteiger partial charge is 0.389 e. The summed E-state index contributed by atoms with van der Waals surface area (Å²) in [5.74, 6) is 0.532. The van der Waals surface area contributed by atoms with Crippen LogP contribution in [0.3, 0.4) is 0 Å². The number of thiophene rings is 1. The molecule has 0 bridgehead atoms. The zero-order chi connectivity index (χ0) is 13.2. The van der Waals surface area contributed by atoms with Crippen LogP contribution in [0.5, 0.6) is 0 Å². The fourth-order valence-electron chi connectivity index (χ4n) is 2.99. The van der Waals surface area contributed by atoms with Gasteiger partial charge in [-0.15, -0.1) is 11.3 Å². The number of hydrogen-bond donors (Lipinski definition) is 2. The van der Waals surface area contributed by atoms with E-state index in [0.29, 0.717) is 18.5 Å². The van der Waals surface area contributed by atoms with Crippen molar-refractivity contribution in [3.05, 3.63) is 21.9 Å². The Kier molecular flexibility index (Phi) is 4.46. The second-order valence-corrected chi connectivity index (χ2v) is 7.22. The molecule has 0 radical (unpaired) electrons. The first-order valence-corrected chi connectivity index (χ1v) is 7.88. The highest BCUT2D eigenvalue weighted by molar-refractivity contribution is 7.10. The predicted octanol–water partition coefficient (Wildman–Crippen LogP) is 3.51. The highest BCUT2D eigenvalue weighted by atomic mass is 32.1. The van der Waals surface area contributed by atoms with Crippen molar-refractivity contribution in [2.75, 3.05) is 6.54 Å². The van der Waals surface area contributed by atoms with Gasteiger partial charge in [0, 0.05) is 17.5 Å². The van der Waals surface area contributed by atoms with E-state index in [-0.39, 0.29) is 0 Å². The summed E-state index contributed by atoms with van der Waals surface area (Å²) in [4.78, 5) is 1.53. The molecule has 2 unspecified atom stereocenters. The maximum absolute atomic E-state index is 10.4. The number of nitrogens with one attached hydrogen (secondary N) is 1. The Balaban J connectivity index is 1.92. The second-order valence-electron chi connectivity index (χ2n) is 6.22. The molecule has 1 heterocycles. The molecule has 0 fully saturated rings. The zero-order valence-electron chi connectivity index (χ0n) is 11.7. The fraction of sp³-hybridized carbons (Fsp3) is 0.733. The third-order valence-electron chi connectivity index (χ3n) is 3.63. The molecule has 3 heteroatoms. The SMILES string of the molecule is CC(C)CC(C)(O)CNC1CCCc2sccc21. The fourth-order valence-corrected chi connectivity index (χ4v) is 3.98. The van der Waals surface area contributed by atoms with E-state index in [2.05, 4.69) is 30.6 Å². The molecule has 1 aliphatic rings. The van der Waals surface area contributed by atoms with E-state index in [1.807, 2.05) is 18.3 Å². The topological polar surface area (TPSA) is 32.3 Å². The van der Waals surface area contributed by atoms with Gasteiger partial charge in [-0.25, -0.2) is 0 Å². The smallest absolute Gasteiger partial charge is 0.0746 e. The Bertz CT molecular complexity index is 384. The van der Waals surface area contributed by atoms with E-state index in [9.17, 15) is 5.11 Å². The van der Waals surface area contributed by atoms with Crippen molar-refractivity contribution in [2.24, 2.45) is 5.92 Å². The molecule has 1 aliphatic carbocycles. The summed E-state index contributed by atoms with van der Waals surface area (Å²) in [5.41, 5.74) is 0.869. The molecule has 2 nitrogen and oxygen atoms in total. The molecule has 2 atom stereocenters. The van der Waals surface area contributed by atoms with Gasteiger partial charge in [-0.3, -0.25) is 0 Å². The van der Waals surface area contributed by atoms with Gasteiger partial charge in [-0.2, -0.15) is 0 Å². The van der Waals surface area contributed by atoms with E-state index in [1.165, 1.54) is 29.7 Å². The third-order valence-corrected chi connectivity index (χ3v) is 4.63. The minimum Gasteiger partial charge on any atom is -0.389 e. The molecule has 0 amide bonds. The lowest BCUT2D eigenvalue weighted by Gasteiger charge is -2.30. The molecule has 1 aromatic heterocycles. The van der Waals surface area contributed by atoms with Gasteiger partial charge in [0.15, 0.2) is 0 Å². The van der Waals surface area contributed by atoms with Crippen molar-refractivity contribution in [3.8, 4) is 0 Å². The lowest BCUT2D eigenvalue weighted by Crippen LogP contribution is -2.41. The van der Waals surface area contributed by atoms with Crippen LogP contribution in [-0.4, -0.2) is 17.3 Å². The number of aliphatic hydroxyl groups is 1. The van der Waals surface area contributed by atoms with Crippen LogP contribution in [0.2, 0.25) is 0 Å². The standard InChI is InChI=1S/C15H25NOS/c1-11(2)9-15(3,17)10-16-13-5-4-6-14-12(13)7-8-18-14/h7-8,11,13,16-17H,4-6,9-10H2,1-3H3. The molecule has 18 heavy (non-hydrogen) atoms. The van der Waals surface area contributed by atoms with Gasteiger partial charge in [0.1, 0.15) is 0 Å². The van der Waals surface area contributed by atoms with Crippen LogP contribution < -0.4 is 5.32 Å². The van der Waals surface area contributed by atoms with Gasteiger partial charge in [-0.05, 0) is 55.5 Å². The first-order chi connectivity index (χ1) is 8.48. The van der Waals surface area contributed by atoms with Crippen LogP contribution in [-0.2, 0) is 6.42 Å². The maximum Gasteiger partial charge on any atom is 0.0746 e. The van der Waals surface area contributed by atoms with E-state index in [1.54, 1.807) is 0 Å². The first kappa shape index (κ1) is 14.0. The molecule has 0 aromatic carbocycles. The van der Waals surface area contributed by atoms with Crippen LogP contribution in [0, 0.1) is 5.92 Å². The predicted molar refractivity (Wildman–Crippen MR) is 78.1 cm³/mol.